The van der Waals surface area contributed by atoms with Crippen molar-refractivity contribution in [3.8, 4) is 0 Å². The van der Waals surface area contributed by atoms with Crippen LogP contribution in [0.4, 0.5) is 19.3 Å². The first kappa shape index (κ1) is 20.9. The summed E-state index contributed by atoms with van der Waals surface area (Å²) in [6, 6.07) is 2.57. The average molecular weight is 413 g/mol. The van der Waals surface area contributed by atoms with E-state index in [1.54, 1.807) is 16.7 Å². The van der Waals surface area contributed by atoms with Crippen molar-refractivity contribution in [3.63, 3.8) is 0 Å². The van der Waals surface area contributed by atoms with E-state index in [1.807, 2.05) is 13.8 Å². The number of carbonyl (C=O) groups is 2. The highest BCUT2D eigenvalue weighted by Crippen LogP contribution is 2.39. The van der Waals surface area contributed by atoms with Crippen LogP contribution in [0.5, 0.6) is 0 Å². The fourth-order valence-corrected chi connectivity index (χ4v) is 4.79. The third kappa shape index (κ3) is 4.75. The van der Waals surface area contributed by atoms with Crippen LogP contribution in [0, 0.1) is 11.6 Å². The van der Waals surface area contributed by atoms with Crippen LogP contribution in [0.1, 0.15) is 33.1 Å². The molecule has 1 aromatic carbocycles. The lowest BCUT2D eigenvalue weighted by Crippen LogP contribution is -2.55. The smallest absolute Gasteiger partial charge is 0.321 e. The summed E-state index contributed by atoms with van der Waals surface area (Å²) in [5, 5.41) is 8.95. The van der Waals surface area contributed by atoms with Crippen LogP contribution < -0.4 is 16.0 Å². The number of urea groups is 1. The summed E-state index contributed by atoms with van der Waals surface area (Å²) in [5.74, 6) is -0.766. The summed E-state index contributed by atoms with van der Waals surface area (Å²) in [4.78, 5) is 26.1. The molecule has 2 atom stereocenters. The Balaban J connectivity index is 1.51. The van der Waals surface area contributed by atoms with Gasteiger partial charge in [-0.05, 0) is 38.3 Å². The molecule has 9 heteroatoms. The molecule has 2 fully saturated rings. The number of benzene rings is 1. The Morgan fingerprint density at radius 3 is 2.71 bits per heavy atom. The largest absolute Gasteiger partial charge is 0.352 e. The molecular formula is C19H26F2N4O2S. The standard InChI is InChI=1S/C19H26F2N4O2S/c1-3-12(2)22-17(26)16-11-28-19(24-16)6-8-25(9-7-19)18(27)23-15-5-4-13(20)10-14(15)21/h4-5,10,12,16,24H,3,6-9,11H2,1-2H3,(H,22,26)(H,23,27). The number of anilines is 1. The summed E-state index contributed by atoms with van der Waals surface area (Å²) in [5.41, 5.74) is -0.0400. The zero-order valence-electron chi connectivity index (χ0n) is 16.1. The molecule has 2 aliphatic heterocycles. The summed E-state index contributed by atoms with van der Waals surface area (Å²) < 4.78 is 26.7. The van der Waals surface area contributed by atoms with Gasteiger partial charge in [-0.25, -0.2) is 13.6 Å². The van der Waals surface area contributed by atoms with Crippen LogP contribution in [0.25, 0.3) is 0 Å². The predicted molar refractivity (Wildman–Crippen MR) is 106 cm³/mol. The molecule has 2 aliphatic rings. The molecule has 0 aromatic heterocycles. The number of rotatable bonds is 4. The van der Waals surface area contributed by atoms with E-state index in [0.717, 1.165) is 18.6 Å². The van der Waals surface area contributed by atoms with Crippen LogP contribution >= 0.6 is 11.8 Å². The lowest BCUT2D eigenvalue weighted by Gasteiger charge is -2.39. The average Bonchev–Trinajstić information content (AvgIpc) is 3.08. The molecule has 1 spiro atoms. The van der Waals surface area contributed by atoms with Crippen LogP contribution in [-0.2, 0) is 4.79 Å². The molecule has 3 rings (SSSR count). The predicted octanol–water partition coefficient (Wildman–Crippen LogP) is 2.91. The van der Waals surface area contributed by atoms with Crippen LogP contribution in [0.15, 0.2) is 18.2 Å². The second kappa shape index (κ2) is 8.65. The number of halogens is 2. The van der Waals surface area contributed by atoms with E-state index in [1.165, 1.54) is 6.07 Å². The Kier molecular flexibility index (Phi) is 6.44. The van der Waals surface area contributed by atoms with Crippen molar-refractivity contribution in [2.75, 3.05) is 24.2 Å². The molecule has 0 bridgehead atoms. The lowest BCUT2D eigenvalue weighted by atomic mass is 10.0. The Bertz CT molecular complexity index is 741. The molecule has 3 N–H and O–H groups in total. The fraction of sp³-hybridized carbons (Fsp3) is 0.579. The highest BCUT2D eigenvalue weighted by Gasteiger charge is 2.44. The van der Waals surface area contributed by atoms with Gasteiger partial charge in [-0.3, -0.25) is 10.1 Å². The number of hydrogen-bond acceptors (Lipinski definition) is 4. The molecule has 6 nitrogen and oxygen atoms in total. The minimum absolute atomic E-state index is 0.0192. The van der Waals surface area contributed by atoms with Crippen molar-refractivity contribution in [3.05, 3.63) is 29.8 Å². The highest BCUT2D eigenvalue weighted by atomic mass is 32.2. The van der Waals surface area contributed by atoms with Gasteiger partial charge in [-0.2, -0.15) is 0 Å². The third-order valence-electron chi connectivity index (χ3n) is 5.31. The monoisotopic (exact) mass is 412 g/mol. The second-order valence-corrected chi connectivity index (χ2v) is 8.76. The molecule has 2 saturated heterocycles. The molecule has 2 unspecified atom stereocenters. The number of likely N-dealkylation sites (tertiary alicyclic amines) is 1. The lowest BCUT2D eigenvalue weighted by molar-refractivity contribution is -0.123. The number of hydrogen-bond donors (Lipinski definition) is 3. The maximum atomic E-state index is 13.7. The molecular weight excluding hydrogens is 386 g/mol. The fourth-order valence-electron chi connectivity index (χ4n) is 3.38. The summed E-state index contributed by atoms with van der Waals surface area (Å²) in [6.07, 6.45) is 2.28. The number of amides is 3. The van der Waals surface area contributed by atoms with Gasteiger partial charge >= 0.3 is 6.03 Å². The van der Waals surface area contributed by atoms with Crippen LogP contribution in [0.3, 0.4) is 0 Å². The maximum Gasteiger partial charge on any atom is 0.321 e. The van der Waals surface area contributed by atoms with Crippen molar-refractivity contribution in [1.29, 1.82) is 0 Å². The van der Waals surface area contributed by atoms with Crippen molar-refractivity contribution < 1.29 is 18.4 Å². The molecule has 3 amide bonds. The zero-order valence-corrected chi connectivity index (χ0v) is 16.9. The maximum absolute atomic E-state index is 13.7. The topological polar surface area (TPSA) is 73.5 Å². The third-order valence-corrected chi connectivity index (χ3v) is 6.89. The van der Waals surface area contributed by atoms with Crippen molar-refractivity contribution >= 4 is 29.4 Å². The Labute approximate surface area is 167 Å². The SMILES string of the molecule is CCC(C)NC(=O)C1CSC2(CCN(C(=O)Nc3ccc(F)cc3F)CC2)N1. The van der Waals surface area contributed by atoms with Gasteiger partial charge in [0.15, 0.2) is 0 Å². The Morgan fingerprint density at radius 1 is 1.36 bits per heavy atom. The number of thioether (sulfide) groups is 1. The Hall–Kier alpha value is -1.87. The number of nitrogens with zero attached hydrogens (tertiary/aromatic N) is 1. The second-order valence-electron chi connectivity index (χ2n) is 7.36. The van der Waals surface area contributed by atoms with E-state index < -0.39 is 17.7 Å². The van der Waals surface area contributed by atoms with Gasteiger partial charge in [-0.1, -0.05) is 6.92 Å². The molecule has 2 heterocycles. The van der Waals surface area contributed by atoms with Crippen molar-refractivity contribution in [2.24, 2.45) is 0 Å². The zero-order chi connectivity index (χ0) is 20.3. The van der Waals surface area contributed by atoms with Crippen molar-refractivity contribution in [2.45, 2.75) is 50.1 Å². The van der Waals surface area contributed by atoms with Crippen LogP contribution in [0.2, 0.25) is 0 Å². The van der Waals surface area contributed by atoms with Gasteiger partial charge < -0.3 is 15.5 Å². The minimum atomic E-state index is -0.801. The number of piperidine rings is 1. The first-order valence-electron chi connectivity index (χ1n) is 9.55. The van der Waals surface area contributed by atoms with Gasteiger partial charge in [0, 0.05) is 31.0 Å². The van der Waals surface area contributed by atoms with Gasteiger partial charge in [0.25, 0.3) is 0 Å². The molecule has 154 valence electrons. The van der Waals surface area contributed by atoms with Crippen molar-refractivity contribution in [1.82, 2.24) is 15.5 Å². The van der Waals surface area contributed by atoms with E-state index in [2.05, 4.69) is 16.0 Å². The molecule has 0 aliphatic carbocycles. The van der Waals surface area contributed by atoms with E-state index in [0.29, 0.717) is 31.7 Å². The number of nitrogens with one attached hydrogen (secondary N) is 3. The van der Waals surface area contributed by atoms with E-state index in [4.69, 9.17) is 0 Å². The summed E-state index contributed by atoms with van der Waals surface area (Å²) in [7, 11) is 0. The molecule has 0 radical (unpaired) electrons. The van der Waals surface area contributed by atoms with E-state index >= 15 is 0 Å². The first-order valence-corrected chi connectivity index (χ1v) is 10.5. The van der Waals surface area contributed by atoms with Gasteiger partial charge in [0.1, 0.15) is 11.6 Å². The first-order chi connectivity index (χ1) is 13.3. The van der Waals surface area contributed by atoms with Gasteiger partial charge in [-0.15, -0.1) is 11.8 Å². The molecule has 0 saturated carbocycles. The van der Waals surface area contributed by atoms with Gasteiger partial charge in [0.2, 0.25) is 5.91 Å². The molecule has 1 aromatic rings. The summed E-state index contributed by atoms with van der Waals surface area (Å²) in [6.45, 7) is 5.00. The molecule has 28 heavy (non-hydrogen) atoms. The van der Waals surface area contributed by atoms with Crippen LogP contribution in [-0.4, -0.2) is 52.6 Å². The Morgan fingerprint density at radius 2 is 2.07 bits per heavy atom. The minimum Gasteiger partial charge on any atom is -0.352 e. The quantitative estimate of drug-likeness (QED) is 0.711. The van der Waals surface area contributed by atoms with E-state index in [-0.39, 0.29) is 28.5 Å². The normalized spacial score (nSPS) is 22.1. The van der Waals surface area contributed by atoms with E-state index in [9.17, 15) is 18.4 Å². The highest BCUT2D eigenvalue weighted by molar-refractivity contribution is 8.01. The van der Waals surface area contributed by atoms with Gasteiger partial charge in [0.05, 0.1) is 16.6 Å². The number of carbonyl (C=O) groups excluding carboxylic acids is 2. The summed E-state index contributed by atoms with van der Waals surface area (Å²) >= 11 is 1.73.